The van der Waals surface area contributed by atoms with E-state index >= 15 is 0 Å². The van der Waals surface area contributed by atoms with E-state index in [0.717, 1.165) is 24.3 Å². The highest BCUT2D eigenvalue weighted by Crippen LogP contribution is 2.24. The molecule has 0 saturated heterocycles. The first-order chi connectivity index (χ1) is 7.96. The second kappa shape index (κ2) is 5.95. The average molecular weight is 236 g/mol. The molecule has 96 valence electrons. The zero-order valence-electron chi connectivity index (χ0n) is 11.6. The summed E-state index contributed by atoms with van der Waals surface area (Å²) in [6.45, 7) is 10.5. The molecule has 2 heteroatoms. The highest BCUT2D eigenvalue weighted by Gasteiger charge is 2.16. The number of hydrogen-bond donors (Lipinski definition) is 0. The Labute approximate surface area is 105 Å². The first kappa shape index (κ1) is 13.9. The molecule has 0 spiro atoms. The van der Waals surface area contributed by atoms with Gasteiger partial charge < -0.3 is 9.47 Å². The van der Waals surface area contributed by atoms with Gasteiger partial charge in [-0.1, -0.05) is 13.8 Å². The van der Waals surface area contributed by atoms with Gasteiger partial charge in [0.05, 0.1) is 6.10 Å². The van der Waals surface area contributed by atoms with E-state index in [-0.39, 0.29) is 11.7 Å². The van der Waals surface area contributed by atoms with Gasteiger partial charge in [0, 0.05) is 0 Å². The van der Waals surface area contributed by atoms with Gasteiger partial charge in [0.1, 0.15) is 17.1 Å². The Morgan fingerprint density at radius 1 is 1.06 bits per heavy atom. The van der Waals surface area contributed by atoms with Crippen LogP contribution in [0.2, 0.25) is 0 Å². The van der Waals surface area contributed by atoms with E-state index in [0.29, 0.717) is 0 Å². The van der Waals surface area contributed by atoms with Crippen LogP contribution in [0.25, 0.3) is 0 Å². The van der Waals surface area contributed by atoms with Crippen LogP contribution < -0.4 is 9.47 Å². The predicted molar refractivity (Wildman–Crippen MR) is 71.8 cm³/mol. The number of benzene rings is 1. The van der Waals surface area contributed by atoms with Crippen molar-refractivity contribution in [2.45, 2.75) is 59.2 Å². The summed E-state index contributed by atoms with van der Waals surface area (Å²) < 4.78 is 11.6. The van der Waals surface area contributed by atoms with Gasteiger partial charge in [-0.2, -0.15) is 0 Å². The zero-order valence-corrected chi connectivity index (χ0v) is 11.6. The van der Waals surface area contributed by atoms with Crippen molar-refractivity contribution in [3.05, 3.63) is 24.3 Å². The van der Waals surface area contributed by atoms with Gasteiger partial charge in [-0.3, -0.25) is 0 Å². The van der Waals surface area contributed by atoms with E-state index in [4.69, 9.17) is 9.47 Å². The summed E-state index contributed by atoms with van der Waals surface area (Å²) in [5.41, 5.74) is -0.112. The molecule has 0 radical (unpaired) electrons. The SMILES string of the molecule is CCC(C)Oc1ccc(OC(C)(C)CC)cc1. The summed E-state index contributed by atoms with van der Waals surface area (Å²) in [4.78, 5) is 0. The maximum absolute atomic E-state index is 5.88. The Bertz CT molecular complexity index is 327. The largest absolute Gasteiger partial charge is 0.491 e. The minimum absolute atomic E-state index is 0.112. The lowest BCUT2D eigenvalue weighted by atomic mass is 10.1. The standard InChI is InChI=1S/C15H24O2/c1-6-12(3)16-13-8-10-14(11-9-13)17-15(4,5)7-2/h8-12H,6-7H2,1-5H3. The predicted octanol–water partition coefficient (Wildman–Crippen LogP) is 4.43. The molecule has 0 aliphatic rings. The molecule has 2 nitrogen and oxygen atoms in total. The van der Waals surface area contributed by atoms with Crippen molar-refractivity contribution >= 4 is 0 Å². The van der Waals surface area contributed by atoms with Crippen LogP contribution in [0.4, 0.5) is 0 Å². The molecule has 0 fully saturated rings. The van der Waals surface area contributed by atoms with E-state index in [1.54, 1.807) is 0 Å². The summed E-state index contributed by atoms with van der Waals surface area (Å²) in [6.07, 6.45) is 2.26. The number of rotatable bonds is 6. The Morgan fingerprint density at radius 3 is 2.06 bits per heavy atom. The molecule has 0 N–H and O–H groups in total. The summed E-state index contributed by atoms with van der Waals surface area (Å²) >= 11 is 0. The van der Waals surface area contributed by atoms with Gasteiger partial charge in [0.25, 0.3) is 0 Å². The zero-order chi connectivity index (χ0) is 12.9. The first-order valence-corrected chi connectivity index (χ1v) is 6.42. The number of hydrogen-bond acceptors (Lipinski definition) is 2. The highest BCUT2D eigenvalue weighted by atomic mass is 16.5. The lowest BCUT2D eigenvalue weighted by Crippen LogP contribution is -2.26. The summed E-state index contributed by atoms with van der Waals surface area (Å²) in [7, 11) is 0. The Kier molecular flexibility index (Phi) is 4.86. The Hall–Kier alpha value is -1.18. The van der Waals surface area contributed by atoms with Crippen molar-refractivity contribution < 1.29 is 9.47 Å². The van der Waals surface area contributed by atoms with Crippen molar-refractivity contribution in [2.75, 3.05) is 0 Å². The summed E-state index contributed by atoms with van der Waals surface area (Å²) in [5, 5.41) is 0. The lowest BCUT2D eigenvalue weighted by molar-refractivity contribution is 0.105. The van der Waals surface area contributed by atoms with Gasteiger partial charge in [0.2, 0.25) is 0 Å². The third-order valence-corrected chi connectivity index (χ3v) is 2.98. The fourth-order valence-corrected chi connectivity index (χ4v) is 1.29. The van der Waals surface area contributed by atoms with Gasteiger partial charge >= 0.3 is 0 Å². The van der Waals surface area contributed by atoms with Crippen molar-refractivity contribution in [2.24, 2.45) is 0 Å². The third kappa shape index (κ3) is 4.68. The van der Waals surface area contributed by atoms with E-state index in [9.17, 15) is 0 Å². The Balaban J connectivity index is 2.62. The fraction of sp³-hybridized carbons (Fsp3) is 0.600. The summed E-state index contributed by atoms with van der Waals surface area (Å²) in [6, 6.07) is 7.87. The smallest absolute Gasteiger partial charge is 0.120 e. The molecule has 1 aromatic carbocycles. The molecule has 0 aliphatic carbocycles. The van der Waals surface area contributed by atoms with Crippen molar-refractivity contribution in [1.82, 2.24) is 0 Å². The van der Waals surface area contributed by atoms with Crippen LogP contribution in [0.1, 0.15) is 47.5 Å². The molecule has 0 aromatic heterocycles. The highest BCUT2D eigenvalue weighted by molar-refractivity contribution is 5.31. The molecular weight excluding hydrogens is 212 g/mol. The first-order valence-electron chi connectivity index (χ1n) is 6.42. The van der Waals surface area contributed by atoms with Gasteiger partial charge in [-0.25, -0.2) is 0 Å². The molecule has 0 aliphatic heterocycles. The summed E-state index contributed by atoms with van der Waals surface area (Å²) in [5.74, 6) is 1.80. The monoisotopic (exact) mass is 236 g/mol. The maximum Gasteiger partial charge on any atom is 0.120 e. The lowest BCUT2D eigenvalue weighted by Gasteiger charge is -2.25. The van der Waals surface area contributed by atoms with Crippen LogP contribution in [0.15, 0.2) is 24.3 Å². The van der Waals surface area contributed by atoms with E-state index in [2.05, 4.69) is 34.6 Å². The molecular formula is C15H24O2. The van der Waals surface area contributed by atoms with Crippen molar-refractivity contribution in [1.29, 1.82) is 0 Å². The number of ether oxygens (including phenoxy) is 2. The third-order valence-electron chi connectivity index (χ3n) is 2.98. The second-order valence-electron chi connectivity index (χ2n) is 5.02. The van der Waals surface area contributed by atoms with Crippen LogP contribution in [0.5, 0.6) is 11.5 Å². The molecule has 1 unspecified atom stereocenters. The Morgan fingerprint density at radius 2 is 1.59 bits per heavy atom. The molecule has 1 atom stereocenters. The van der Waals surface area contributed by atoms with Crippen LogP contribution >= 0.6 is 0 Å². The van der Waals surface area contributed by atoms with E-state index in [1.807, 2.05) is 24.3 Å². The molecule has 0 saturated carbocycles. The van der Waals surface area contributed by atoms with Crippen LogP contribution in [0.3, 0.4) is 0 Å². The molecule has 0 bridgehead atoms. The minimum atomic E-state index is -0.112. The molecule has 0 amide bonds. The minimum Gasteiger partial charge on any atom is -0.491 e. The molecule has 17 heavy (non-hydrogen) atoms. The fourth-order valence-electron chi connectivity index (χ4n) is 1.29. The normalized spacial score (nSPS) is 13.2. The quantitative estimate of drug-likeness (QED) is 0.727. The van der Waals surface area contributed by atoms with E-state index < -0.39 is 0 Å². The van der Waals surface area contributed by atoms with Crippen molar-refractivity contribution in [3.8, 4) is 11.5 Å². The van der Waals surface area contributed by atoms with Gasteiger partial charge in [0.15, 0.2) is 0 Å². The van der Waals surface area contributed by atoms with Crippen LogP contribution in [-0.4, -0.2) is 11.7 Å². The topological polar surface area (TPSA) is 18.5 Å². The second-order valence-corrected chi connectivity index (χ2v) is 5.02. The van der Waals surface area contributed by atoms with Crippen molar-refractivity contribution in [3.63, 3.8) is 0 Å². The van der Waals surface area contributed by atoms with Crippen LogP contribution in [0, 0.1) is 0 Å². The van der Waals surface area contributed by atoms with Gasteiger partial charge in [-0.05, 0) is 57.9 Å². The molecule has 1 aromatic rings. The van der Waals surface area contributed by atoms with Gasteiger partial charge in [-0.15, -0.1) is 0 Å². The van der Waals surface area contributed by atoms with Crippen LogP contribution in [-0.2, 0) is 0 Å². The van der Waals surface area contributed by atoms with E-state index in [1.165, 1.54) is 0 Å². The maximum atomic E-state index is 5.88. The average Bonchev–Trinajstić information content (AvgIpc) is 2.31. The molecule has 0 heterocycles. The molecule has 1 rings (SSSR count).